The number of hydrogen-bond donors (Lipinski definition) is 1. The Labute approximate surface area is 160 Å². The summed E-state index contributed by atoms with van der Waals surface area (Å²) in [5.74, 6) is -0.342. The van der Waals surface area contributed by atoms with E-state index in [1.165, 1.54) is 0 Å². The fourth-order valence-electron chi connectivity index (χ4n) is 2.78. The lowest BCUT2D eigenvalue weighted by Gasteiger charge is -2.20. The average Bonchev–Trinajstić information content (AvgIpc) is 2.91. The number of carbonyl (C=O) groups excluding carboxylic acids is 2. The van der Waals surface area contributed by atoms with E-state index in [2.05, 4.69) is 5.32 Å². The standard InChI is InChI=1S/C21H28N2O4/c1-6-26-19(24)17-14-18(16-10-8-7-9-11-16)23(15(17)2)13-12-22-20(25)27-21(3,4)5/h7-11,14H,6,12-13H2,1-5H3,(H,22,25). The van der Waals surface area contributed by atoms with Gasteiger partial charge in [-0.25, -0.2) is 9.59 Å². The smallest absolute Gasteiger partial charge is 0.407 e. The number of amides is 1. The molecule has 0 aliphatic heterocycles. The third-order valence-corrected chi connectivity index (χ3v) is 3.94. The minimum atomic E-state index is -0.542. The van der Waals surface area contributed by atoms with Crippen LogP contribution in [-0.4, -0.2) is 35.4 Å². The van der Waals surface area contributed by atoms with Gasteiger partial charge < -0.3 is 19.4 Å². The second-order valence-electron chi connectivity index (χ2n) is 7.20. The van der Waals surface area contributed by atoms with Crippen LogP contribution in [0.15, 0.2) is 36.4 Å². The van der Waals surface area contributed by atoms with Crippen LogP contribution in [0, 0.1) is 6.92 Å². The van der Waals surface area contributed by atoms with Gasteiger partial charge in [-0.15, -0.1) is 0 Å². The molecule has 0 spiro atoms. The summed E-state index contributed by atoms with van der Waals surface area (Å²) in [5, 5.41) is 2.76. The Morgan fingerprint density at radius 3 is 2.41 bits per heavy atom. The maximum atomic E-state index is 12.3. The average molecular weight is 372 g/mol. The third kappa shape index (κ3) is 5.61. The molecule has 0 unspecified atom stereocenters. The zero-order valence-corrected chi connectivity index (χ0v) is 16.7. The Hall–Kier alpha value is -2.76. The van der Waals surface area contributed by atoms with Crippen molar-refractivity contribution >= 4 is 12.1 Å². The van der Waals surface area contributed by atoms with Gasteiger partial charge >= 0.3 is 12.1 Å². The molecule has 0 saturated heterocycles. The Morgan fingerprint density at radius 2 is 1.81 bits per heavy atom. The quantitative estimate of drug-likeness (QED) is 0.773. The molecule has 0 radical (unpaired) electrons. The predicted molar refractivity (Wildman–Crippen MR) is 105 cm³/mol. The van der Waals surface area contributed by atoms with Gasteiger partial charge in [0.2, 0.25) is 0 Å². The first-order valence-electron chi connectivity index (χ1n) is 9.12. The Bertz CT molecular complexity index is 789. The molecule has 1 heterocycles. The van der Waals surface area contributed by atoms with Crippen LogP contribution in [0.4, 0.5) is 4.79 Å². The highest BCUT2D eigenvalue weighted by Crippen LogP contribution is 2.26. The highest BCUT2D eigenvalue weighted by atomic mass is 16.6. The molecule has 2 rings (SSSR count). The van der Waals surface area contributed by atoms with Crippen molar-refractivity contribution in [3.63, 3.8) is 0 Å². The number of benzene rings is 1. The monoisotopic (exact) mass is 372 g/mol. The van der Waals surface area contributed by atoms with E-state index < -0.39 is 11.7 Å². The van der Waals surface area contributed by atoms with Crippen LogP contribution in [0.5, 0.6) is 0 Å². The molecule has 0 aliphatic rings. The molecule has 0 saturated carbocycles. The lowest BCUT2D eigenvalue weighted by atomic mass is 10.1. The first-order valence-corrected chi connectivity index (χ1v) is 9.12. The molecule has 1 aromatic carbocycles. The van der Waals surface area contributed by atoms with Crippen LogP contribution in [0.1, 0.15) is 43.7 Å². The summed E-state index contributed by atoms with van der Waals surface area (Å²) in [4.78, 5) is 24.1. The van der Waals surface area contributed by atoms with E-state index in [1.54, 1.807) is 6.92 Å². The van der Waals surface area contributed by atoms with Gasteiger partial charge in [-0.1, -0.05) is 30.3 Å². The lowest BCUT2D eigenvalue weighted by molar-refractivity contribution is 0.0513. The number of aromatic nitrogens is 1. The fraction of sp³-hybridized carbons (Fsp3) is 0.429. The number of carbonyl (C=O) groups is 2. The van der Waals surface area contributed by atoms with Crippen molar-refractivity contribution < 1.29 is 19.1 Å². The molecule has 27 heavy (non-hydrogen) atoms. The van der Waals surface area contributed by atoms with Gasteiger partial charge in [-0.05, 0) is 46.2 Å². The maximum absolute atomic E-state index is 12.3. The van der Waals surface area contributed by atoms with Crippen molar-refractivity contribution in [1.29, 1.82) is 0 Å². The summed E-state index contributed by atoms with van der Waals surface area (Å²) >= 11 is 0. The van der Waals surface area contributed by atoms with Gasteiger partial charge in [-0.2, -0.15) is 0 Å². The SMILES string of the molecule is CCOC(=O)c1cc(-c2ccccc2)n(CCNC(=O)OC(C)(C)C)c1C. The highest BCUT2D eigenvalue weighted by Gasteiger charge is 2.20. The summed E-state index contributed by atoms with van der Waals surface area (Å²) in [6.45, 7) is 10.3. The molecule has 2 aromatic rings. The molecular formula is C21H28N2O4. The van der Waals surface area contributed by atoms with Crippen molar-refractivity contribution in [1.82, 2.24) is 9.88 Å². The topological polar surface area (TPSA) is 69.6 Å². The summed E-state index contributed by atoms with van der Waals surface area (Å²) in [6, 6.07) is 11.7. The maximum Gasteiger partial charge on any atom is 0.407 e. The van der Waals surface area contributed by atoms with Crippen LogP contribution in [0.3, 0.4) is 0 Å². The van der Waals surface area contributed by atoms with Crippen molar-refractivity contribution in [2.24, 2.45) is 0 Å². The zero-order chi connectivity index (χ0) is 20.0. The molecule has 6 heteroatoms. The van der Waals surface area contributed by atoms with Crippen molar-refractivity contribution in [3.8, 4) is 11.3 Å². The van der Waals surface area contributed by atoms with Gasteiger partial charge in [0.05, 0.1) is 12.2 Å². The number of esters is 1. The van der Waals surface area contributed by atoms with Crippen molar-refractivity contribution in [2.75, 3.05) is 13.2 Å². The molecule has 146 valence electrons. The van der Waals surface area contributed by atoms with Crippen LogP contribution < -0.4 is 5.32 Å². The minimum absolute atomic E-state index is 0.324. The fourth-order valence-corrected chi connectivity index (χ4v) is 2.78. The molecule has 0 bridgehead atoms. The van der Waals surface area contributed by atoms with E-state index in [9.17, 15) is 9.59 Å². The summed E-state index contributed by atoms with van der Waals surface area (Å²) < 4.78 is 12.4. The molecule has 1 N–H and O–H groups in total. The third-order valence-electron chi connectivity index (χ3n) is 3.94. The summed E-state index contributed by atoms with van der Waals surface area (Å²) in [7, 11) is 0. The largest absolute Gasteiger partial charge is 0.462 e. The zero-order valence-electron chi connectivity index (χ0n) is 16.7. The number of hydrogen-bond acceptors (Lipinski definition) is 4. The Morgan fingerprint density at radius 1 is 1.15 bits per heavy atom. The first kappa shape index (κ1) is 20.6. The number of ether oxygens (including phenoxy) is 2. The van der Waals surface area contributed by atoms with E-state index in [0.29, 0.717) is 25.3 Å². The highest BCUT2D eigenvalue weighted by molar-refractivity contribution is 5.92. The number of nitrogens with one attached hydrogen (secondary N) is 1. The van der Waals surface area contributed by atoms with E-state index in [0.717, 1.165) is 17.0 Å². The van der Waals surface area contributed by atoms with E-state index in [-0.39, 0.29) is 5.97 Å². The molecule has 0 atom stereocenters. The van der Waals surface area contributed by atoms with E-state index in [4.69, 9.17) is 9.47 Å². The normalized spacial score (nSPS) is 11.1. The Balaban J connectivity index is 2.23. The molecule has 0 aliphatic carbocycles. The van der Waals surface area contributed by atoms with Gasteiger partial charge in [0, 0.05) is 24.5 Å². The lowest BCUT2D eigenvalue weighted by Crippen LogP contribution is -2.34. The van der Waals surface area contributed by atoms with Crippen LogP contribution in [-0.2, 0) is 16.0 Å². The van der Waals surface area contributed by atoms with Crippen LogP contribution in [0.25, 0.3) is 11.3 Å². The number of alkyl carbamates (subject to hydrolysis) is 1. The van der Waals surface area contributed by atoms with Gasteiger partial charge in [0.1, 0.15) is 5.60 Å². The Kier molecular flexibility index (Phi) is 6.66. The molecule has 6 nitrogen and oxygen atoms in total. The molecule has 1 amide bonds. The van der Waals surface area contributed by atoms with E-state index >= 15 is 0 Å². The van der Waals surface area contributed by atoms with Crippen molar-refractivity contribution in [2.45, 2.75) is 46.8 Å². The number of rotatable bonds is 6. The second-order valence-corrected chi connectivity index (χ2v) is 7.20. The van der Waals surface area contributed by atoms with Gasteiger partial charge in [0.15, 0.2) is 0 Å². The number of nitrogens with zero attached hydrogens (tertiary/aromatic N) is 1. The van der Waals surface area contributed by atoms with Gasteiger partial charge in [-0.3, -0.25) is 0 Å². The van der Waals surface area contributed by atoms with E-state index in [1.807, 2.05) is 68.7 Å². The van der Waals surface area contributed by atoms with Gasteiger partial charge in [0.25, 0.3) is 0 Å². The predicted octanol–water partition coefficient (Wildman–Crippen LogP) is 4.16. The molecular weight excluding hydrogens is 344 g/mol. The second kappa shape index (κ2) is 8.75. The van der Waals surface area contributed by atoms with Crippen LogP contribution in [0.2, 0.25) is 0 Å². The molecule has 0 fully saturated rings. The summed E-state index contributed by atoms with van der Waals surface area (Å²) in [5.41, 5.74) is 2.70. The first-order chi connectivity index (χ1) is 12.7. The van der Waals surface area contributed by atoms with Crippen LogP contribution >= 0.6 is 0 Å². The summed E-state index contributed by atoms with van der Waals surface area (Å²) in [6.07, 6.45) is -0.459. The minimum Gasteiger partial charge on any atom is -0.462 e. The molecule has 1 aromatic heterocycles. The van der Waals surface area contributed by atoms with Crippen molar-refractivity contribution in [3.05, 3.63) is 47.7 Å².